The van der Waals surface area contributed by atoms with Crippen molar-refractivity contribution in [3.8, 4) is 5.75 Å². The summed E-state index contributed by atoms with van der Waals surface area (Å²) in [6, 6.07) is 4.67. The fourth-order valence-electron chi connectivity index (χ4n) is 4.33. The number of likely N-dealkylation sites (tertiary alicyclic amines) is 1. The summed E-state index contributed by atoms with van der Waals surface area (Å²) in [6.07, 6.45) is 1.98. The van der Waals surface area contributed by atoms with Crippen molar-refractivity contribution >= 4 is 11.4 Å². The van der Waals surface area contributed by atoms with Gasteiger partial charge in [-0.2, -0.15) is 0 Å². The molecule has 0 saturated carbocycles. The molecule has 2 aliphatic rings. The minimum Gasteiger partial charge on any atom is -0.490 e. The zero-order chi connectivity index (χ0) is 18.1. The van der Waals surface area contributed by atoms with Crippen LogP contribution in [0.15, 0.2) is 18.2 Å². The van der Waals surface area contributed by atoms with Gasteiger partial charge in [-0.05, 0) is 0 Å². The SMILES string of the molecule is COc1cc([N+]2(C3CCNCC3)CCCC(F)(F)C2)ccc1[N+](=O)[O-]. The summed E-state index contributed by atoms with van der Waals surface area (Å²) in [4.78, 5) is 10.6. The van der Waals surface area contributed by atoms with Crippen molar-refractivity contribution < 1.29 is 18.4 Å². The van der Waals surface area contributed by atoms with Crippen molar-refractivity contribution in [3.05, 3.63) is 28.3 Å². The molecule has 25 heavy (non-hydrogen) atoms. The van der Waals surface area contributed by atoms with Gasteiger partial charge in [0.25, 0.3) is 5.92 Å². The van der Waals surface area contributed by atoms with Crippen LogP contribution in [0, 0.1) is 10.1 Å². The lowest BCUT2D eigenvalue weighted by Gasteiger charge is -2.50. The highest BCUT2D eigenvalue weighted by Crippen LogP contribution is 2.43. The van der Waals surface area contributed by atoms with Crippen LogP contribution >= 0.6 is 0 Å². The van der Waals surface area contributed by atoms with E-state index in [1.165, 1.54) is 13.2 Å². The van der Waals surface area contributed by atoms with Crippen molar-refractivity contribution in [3.63, 3.8) is 0 Å². The second-order valence-electron chi connectivity index (χ2n) is 6.97. The first-order chi connectivity index (χ1) is 11.9. The molecule has 3 rings (SSSR count). The van der Waals surface area contributed by atoms with Crippen molar-refractivity contribution in [2.45, 2.75) is 37.6 Å². The Kier molecular flexibility index (Phi) is 4.92. The van der Waals surface area contributed by atoms with E-state index in [1.54, 1.807) is 12.1 Å². The lowest BCUT2D eigenvalue weighted by Crippen LogP contribution is -2.66. The van der Waals surface area contributed by atoms with E-state index in [2.05, 4.69) is 5.32 Å². The molecule has 1 unspecified atom stereocenters. The van der Waals surface area contributed by atoms with Crippen LogP contribution in [0.2, 0.25) is 0 Å². The van der Waals surface area contributed by atoms with Crippen LogP contribution in [0.1, 0.15) is 25.7 Å². The summed E-state index contributed by atoms with van der Waals surface area (Å²) >= 11 is 0. The predicted molar refractivity (Wildman–Crippen MR) is 91.2 cm³/mol. The number of piperidine rings is 2. The summed E-state index contributed by atoms with van der Waals surface area (Å²) in [6.45, 7) is 1.99. The first-order valence-electron chi connectivity index (χ1n) is 8.66. The number of nitrogens with zero attached hydrogens (tertiary/aromatic N) is 2. The number of quaternary nitrogens is 1. The topological polar surface area (TPSA) is 64.4 Å². The normalized spacial score (nSPS) is 27.0. The summed E-state index contributed by atoms with van der Waals surface area (Å²) in [5.74, 6) is -2.60. The Morgan fingerprint density at radius 3 is 2.68 bits per heavy atom. The Hall–Kier alpha value is -1.80. The van der Waals surface area contributed by atoms with Crippen LogP contribution < -0.4 is 14.5 Å². The second-order valence-corrected chi connectivity index (χ2v) is 6.97. The molecule has 1 aromatic rings. The van der Waals surface area contributed by atoms with Gasteiger partial charge in [0.1, 0.15) is 12.2 Å². The highest BCUT2D eigenvalue weighted by molar-refractivity contribution is 5.58. The number of nitrogens with one attached hydrogen (secondary N) is 1. The number of benzene rings is 1. The molecule has 2 aliphatic heterocycles. The van der Waals surface area contributed by atoms with Crippen LogP contribution in [0.25, 0.3) is 0 Å². The van der Waals surface area contributed by atoms with Crippen LogP contribution in [-0.4, -0.2) is 50.2 Å². The monoisotopic (exact) mass is 356 g/mol. The molecule has 1 atom stereocenters. The van der Waals surface area contributed by atoms with Crippen molar-refractivity contribution in [1.29, 1.82) is 0 Å². The van der Waals surface area contributed by atoms with Crippen LogP contribution in [-0.2, 0) is 0 Å². The van der Waals surface area contributed by atoms with Gasteiger partial charge in [-0.15, -0.1) is 0 Å². The summed E-state index contributed by atoms with van der Waals surface area (Å²) in [5, 5.41) is 14.4. The number of halogens is 2. The Morgan fingerprint density at radius 2 is 2.08 bits per heavy atom. The Bertz CT molecular complexity index is 650. The molecule has 6 nitrogen and oxygen atoms in total. The number of alkyl halides is 2. The molecule has 2 heterocycles. The van der Waals surface area contributed by atoms with E-state index in [0.29, 0.717) is 18.7 Å². The standard InChI is InChI=1S/C17H24F2N3O3/c1-25-16-11-14(3-4-15(16)21(23)24)22(13-5-8-20-9-6-13)10-2-7-17(18,19)12-22/h3-4,11,13,20H,2,5-10,12H2,1H3/q+1. The molecule has 0 amide bonds. The summed E-state index contributed by atoms with van der Waals surface area (Å²) < 4.78 is 34.1. The molecule has 0 spiro atoms. The van der Waals surface area contributed by atoms with E-state index >= 15 is 0 Å². The summed E-state index contributed by atoms with van der Waals surface area (Å²) in [7, 11) is 1.37. The average Bonchev–Trinajstić information content (AvgIpc) is 2.60. The second kappa shape index (κ2) is 6.84. The number of hydrogen-bond acceptors (Lipinski definition) is 4. The predicted octanol–water partition coefficient (Wildman–Crippen LogP) is 3.09. The third-order valence-corrected chi connectivity index (χ3v) is 5.50. The van der Waals surface area contributed by atoms with Gasteiger partial charge >= 0.3 is 5.69 Å². The van der Waals surface area contributed by atoms with Crippen molar-refractivity contribution in [1.82, 2.24) is 9.80 Å². The molecular weight excluding hydrogens is 332 g/mol. The minimum absolute atomic E-state index is 0.0820. The van der Waals surface area contributed by atoms with Gasteiger partial charge < -0.3 is 10.1 Å². The Morgan fingerprint density at radius 1 is 1.36 bits per heavy atom. The molecule has 1 N–H and O–H groups in total. The van der Waals surface area contributed by atoms with Gasteiger partial charge in [0.05, 0.1) is 24.6 Å². The lowest BCUT2D eigenvalue weighted by molar-refractivity contribution is -0.385. The van der Waals surface area contributed by atoms with Gasteiger partial charge in [0, 0.05) is 57.0 Å². The number of ether oxygens (including phenoxy) is 1. The fraction of sp³-hybridized carbons (Fsp3) is 0.647. The minimum atomic E-state index is -2.72. The van der Waals surface area contributed by atoms with E-state index in [4.69, 9.17) is 4.74 Å². The third-order valence-electron chi connectivity index (χ3n) is 5.50. The molecule has 0 aromatic heterocycles. The van der Waals surface area contributed by atoms with Crippen molar-refractivity contribution in [2.75, 3.05) is 33.3 Å². The van der Waals surface area contributed by atoms with E-state index < -0.39 is 10.8 Å². The lowest BCUT2D eigenvalue weighted by atomic mass is 9.93. The van der Waals surface area contributed by atoms with Crippen LogP contribution in [0.5, 0.6) is 5.75 Å². The van der Waals surface area contributed by atoms with Gasteiger partial charge in [-0.1, -0.05) is 0 Å². The third kappa shape index (κ3) is 3.46. The molecule has 0 radical (unpaired) electrons. The number of nitro groups is 1. The molecule has 8 heteroatoms. The largest absolute Gasteiger partial charge is 0.490 e. The maximum Gasteiger partial charge on any atom is 0.311 e. The highest BCUT2D eigenvalue weighted by Gasteiger charge is 2.51. The maximum atomic E-state index is 14.4. The number of methoxy groups -OCH3 is 1. The maximum absolute atomic E-state index is 14.4. The molecule has 0 aliphatic carbocycles. The Balaban J connectivity index is 2.06. The van der Waals surface area contributed by atoms with Crippen LogP contribution in [0.3, 0.4) is 0 Å². The molecule has 2 saturated heterocycles. The first kappa shape index (κ1) is 18.0. The average molecular weight is 356 g/mol. The first-order valence-corrected chi connectivity index (χ1v) is 8.66. The molecule has 0 bridgehead atoms. The van der Waals surface area contributed by atoms with E-state index in [-0.39, 0.29) is 34.9 Å². The molecular formula is C17H24F2N3O3+. The number of nitro benzene ring substituents is 1. The fourth-order valence-corrected chi connectivity index (χ4v) is 4.33. The zero-order valence-electron chi connectivity index (χ0n) is 14.3. The Labute approximate surface area is 145 Å². The number of hydrogen-bond donors (Lipinski definition) is 1. The molecule has 138 valence electrons. The van der Waals surface area contributed by atoms with Gasteiger partial charge in [-0.3, -0.25) is 14.6 Å². The summed E-state index contributed by atoms with van der Waals surface area (Å²) in [5.41, 5.74) is 0.548. The van der Waals surface area contributed by atoms with E-state index in [1.807, 2.05) is 0 Å². The van der Waals surface area contributed by atoms with Crippen LogP contribution in [0.4, 0.5) is 20.2 Å². The van der Waals surface area contributed by atoms with E-state index in [9.17, 15) is 18.9 Å². The zero-order valence-corrected chi connectivity index (χ0v) is 14.3. The quantitative estimate of drug-likeness (QED) is 0.512. The van der Waals surface area contributed by atoms with Gasteiger partial charge in [-0.25, -0.2) is 8.78 Å². The van der Waals surface area contributed by atoms with Gasteiger partial charge in [0.15, 0.2) is 0 Å². The highest BCUT2D eigenvalue weighted by atomic mass is 19.3. The smallest absolute Gasteiger partial charge is 0.311 e. The van der Waals surface area contributed by atoms with Gasteiger partial charge in [0.2, 0.25) is 5.75 Å². The van der Waals surface area contributed by atoms with Crippen molar-refractivity contribution in [2.24, 2.45) is 0 Å². The number of rotatable bonds is 4. The van der Waals surface area contributed by atoms with E-state index in [0.717, 1.165) is 25.9 Å². The molecule has 1 aromatic carbocycles. The molecule has 2 fully saturated rings.